The molecule has 0 amide bonds. The summed E-state index contributed by atoms with van der Waals surface area (Å²) < 4.78 is 6.97. The number of hydrazone groups is 1. The Kier molecular flexibility index (Phi) is 5.07. The van der Waals surface area contributed by atoms with Crippen molar-refractivity contribution in [1.82, 2.24) is 15.2 Å². The van der Waals surface area contributed by atoms with Gasteiger partial charge in [0.2, 0.25) is 5.95 Å². The van der Waals surface area contributed by atoms with E-state index in [9.17, 15) is 4.79 Å². The highest BCUT2D eigenvalue weighted by molar-refractivity contribution is 9.11. The summed E-state index contributed by atoms with van der Waals surface area (Å²) in [4.78, 5) is 13.9. The molecular weight excluding hydrogens is 406 g/mol. The van der Waals surface area contributed by atoms with Crippen LogP contribution in [0.15, 0.2) is 31.0 Å². The molecule has 2 N–H and O–H groups in total. The summed E-state index contributed by atoms with van der Waals surface area (Å²) in [5.41, 5.74) is 3.33. The van der Waals surface area contributed by atoms with E-state index in [0.29, 0.717) is 11.4 Å². The van der Waals surface area contributed by atoms with Crippen LogP contribution in [0.1, 0.15) is 11.3 Å². The Morgan fingerprint density at radius 2 is 2.14 bits per heavy atom. The van der Waals surface area contributed by atoms with Gasteiger partial charge < -0.3 is 4.74 Å². The first-order valence-corrected chi connectivity index (χ1v) is 7.35. The van der Waals surface area contributed by atoms with Gasteiger partial charge in [0.1, 0.15) is 11.4 Å². The number of benzene rings is 1. The highest BCUT2D eigenvalue weighted by atomic mass is 79.9. The monoisotopic (exact) mass is 415 g/mol. The number of anilines is 1. The van der Waals surface area contributed by atoms with E-state index < -0.39 is 0 Å². The van der Waals surface area contributed by atoms with E-state index in [4.69, 9.17) is 4.74 Å². The molecule has 0 saturated heterocycles. The summed E-state index contributed by atoms with van der Waals surface area (Å²) >= 11 is 6.80. The number of nitrogens with zero attached hydrogens (tertiary/aromatic N) is 3. The van der Waals surface area contributed by atoms with E-state index in [-0.39, 0.29) is 11.5 Å². The smallest absolute Gasteiger partial charge is 0.274 e. The molecule has 0 fully saturated rings. The second-order valence-electron chi connectivity index (χ2n) is 3.97. The summed E-state index contributed by atoms with van der Waals surface area (Å²) in [5.74, 6) is 0.808. The first-order valence-electron chi connectivity index (χ1n) is 5.77. The molecular formula is C12H11Br2N5O2. The zero-order valence-corrected chi connectivity index (χ0v) is 14.3. The van der Waals surface area contributed by atoms with Gasteiger partial charge in [-0.25, -0.2) is 5.43 Å². The van der Waals surface area contributed by atoms with Crippen molar-refractivity contribution in [3.05, 3.63) is 42.7 Å². The van der Waals surface area contributed by atoms with Gasteiger partial charge in [0.25, 0.3) is 5.56 Å². The predicted molar refractivity (Wildman–Crippen MR) is 87.0 cm³/mol. The number of hydrogen-bond acceptors (Lipinski definition) is 6. The molecule has 1 heterocycles. The average Bonchev–Trinajstić information content (AvgIpc) is 2.42. The highest BCUT2D eigenvalue weighted by Crippen LogP contribution is 2.31. The number of aromatic amines is 1. The molecule has 2 rings (SSSR count). The first kappa shape index (κ1) is 15.6. The Balaban J connectivity index is 2.21. The molecule has 7 nitrogen and oxygen atoms in total. The molecule has 110 valence electrons. The average molecular weight is 417 g/mol. The zero-order chi connectivity index (χ0) is 15.4. The topological polar surface area (TPSA) is 92.3 Å². The third-order valence-electron chi connectivity index (χ3n) is 2.48. The van der Waals surface area contributed by atoms with Gasteiger partial charge in [-0.3, -0.25) is 9.78 Å². The van der Waals surface area contributed by atoms with Crippen LogP contribution in [-0.4, -0.2) is 28.5 Å². The van der Waals surface area contributed by atoms with Crippen LogP contribution in [0.5, 0.6) is 5.75 Å². The van der Waals surface area contributed by atoms with Crippen LogP contribution in [0.25, 0.3) is 0 Å². The van der Waals surface area contributed by atoms with Crippen molar-refractivity contribution in [2.24, 2.45) is 5.10 Å². The lowest BCUT2D eigenvalue weighted by Crippen LogP contribution is -2.15. The number of aryl methyl sites for hydroxylation is 1. The van der Waals surface area contributed by atoms with Crippen molar-refractivity contribution in [3.8, 4) is 5.75 Å². The number of halogens is 2. The highest BCUT2D eigenvalue weighted by Gasteiger charge is 2.07. The van der Waals surface area contributed by atoms with Crippen molar-refractivity contribution in [1.29, 1.82) is 0 Å². The maximum atomic E-state index is 11.4. The van der Waals surface area contributed by atoms with Gasteiger partial charge >= 0.3 is 0 Å². The molecule has 0 aliphatic carbocycles. The van der Waals surface area contributed by atoms with E-state index in [1.165, 1.54) is 0 Å². The largest absolute Gasteiger partial charge is 0.495 e. The second kappa shape index (κ2) is 6.81. The lowest BCUT2D eigenvalue weighted by atomic mass is 10.2. The molecule has 0 radical (unpaired) electrons. The third kappa shape index (κ3) is 3.88. The van der Waals surface area contributed by atoms with E-state index in [2.05, 4.69) is 57.6 Å². The van der Waals surface area contributed by atoms with E-state index >= 15 is 0 Å². The van der Waals surface area contributed by atoms with Crippen LogP contribution in [0.2, 0.25) is 0 Å². The molecule has 0 aliphatic heterocycles. The molecule has 2 aromatic rings. The predicted octanol–water partition coefficient (Wildman–Crippen LogP) is 2.45. The van der Waals surface area contributed by atoms with Gasteiger partial charge in [-0.15, -0.1) is 10.2 Å². The SMILES string of the molecule is COc1c(Br)cc(Br)cc1/C=N\Nc1nnc(C)c(=O)[nH]1. The minimum Gasteiger partial charge on any atom is -0.495 e. The fourth-order valence-corrected chi connectivity index (χ4v) is 2.92. The van der Waals surface area contributed by atoms with Crippen LogP contribution in [0.4, 0.5) is 5.95 Å². The maximum absolute atomic E-state index is 11.4. The minimum atomic E-state index is -0.314. The molecule has 0 bridgehead atoms. The molecule has 0 saturated carbocycles. The standard InChI is InChI=1S/C12H11Br2N5O2/c1-6-11(20)16-12(19-17-6)18-15-5-7-3-8(13)4-9(14)10(7)21-2/h3-5H,1-2H3,(H2,16,18,19,20)/b15-5-. The zero-order valence-electron chi connectivity index (χ0n) is 11.1. The quantitative estimate of drug-likeness (QED) is 0.589. The normalized spacial score (nSPS) is 10.9. The summed E-state index contributed by atoms with van der Waals surface area (Å²) in [7, 11) is 1.57. The van der Waals surface area contributed by atoms with Gasteiger partial charge in [-0.05, 0) is 35.0 Å². The fraction of sp³-hybridized carbons (Fsp3) is 0.167. The number of methoxy groups -OCH3 is 1. The lowest BCUT2D eigenvalue weighted by Gasteiger charge is -2.07. The van der Waals surface area contributed by atoms with Gasteiger partial charge in [-0.1, -0.05) is 15.9 Å². The molecule has 9 heteroatoms. The Hall–Kier alpha value is -1.74. The van der Waals surface area contributed by atoms with E-state index in [1.54, 1.807) is 20.2 Å². The number of nitrogens with one attached hydrogen (secondary N) is 2. The maximum Gasteiger partial charge on any atom is 0.274 e. The Morgan fingerprint density at radius 1 is 1.38 bits per heavy atom. The number of hydrogen-bond donors (Lipinski definition) is 2. The lowest BCUT2D eigenvalue weighted by molar-refractivity contribution is 0.411. The van der Waals surface area contributed by atoms with Gasteiger partial charge in [0.05, 0.1) is 17.8 Å². The van der Waals surface area contributed by atoms with Gasteiger partial charge in [-0.2, -0.15) is 5.10 Å². The third-order valence-corrected chi connectivity index (χ3v) is 3.52. The first-order chi connectivity index (χ1) is 10.0. The number of aromatic nitrogens is 3. The molecule has 1 aromatic carbocycles. The van der Waals surface area contributed by atoms with Crippen LogP contribution in [0.3, 0.4) is 0 Å². The number of ether oxygens (including phenoxy) is 1. The summed E-state index contributed by atoms with van der Waals surface area (Å²) in [6.07, 6.45) is 1.55. The van der Waals surface area contributed by atoms with Gasteiger partial charge in [0, 0.05) is 10.0 Å². The fourth-order valence-electron chi connectivity index (χ4n) is 1.50. The molecule has 0 unspecified atom stereocenters. The number of H-pyrrole nitrogens is 1. The van der Waals surface area contributed by atoms with Crippen molar-refractivity contribution in [3.63, 3.8) is 0 Å². The summed E-state index contributed by atoms with van der Waals surface area (Å²) in [6, 6.07) is 3.71. The van der Waals surface area contributed by atoms with E-state index in [0.717, 1.165) is 14.5 Å². The van der Waals surface area contributed by atoms with E-state index in [1.807, 2.05) is 12.1 Å². The van der Waals surface area contributed by atoms with Crippen molar-refractivity contribution in [2.45, 2.75) is 6.92 Å². The molecule has 1 aromatic heterocycles. The summed E-state index contributed by atoms with van der Waals surface area (Å²) in [6.45, 7) is 1.57. The van der Waals surface area contributed by atoms with Crippen molar-refractivity contribution < 1.29 is 4.74 Å². The van der Waals surface area contributed by atoms with Crippen molar-refractivity contribution >= 4 is 44.0 Å². The molecule has 0 aliphatic rings. The molecule has 0 spiro atoms. The van der Waals surface area contributed by atoms with Crippen LogP contribution in [-0.2, 0) is 0 Å². The second-order valence-corrected chi connectivity index (χ2v) is 5.74. The number of rotatable bonds is 4. The summed E-state index contributed by atoms with van der Waals surface area (Å²) in [5, 5.41) is 11.5. The molecule has 21 heavy (non-hydrogen) atoms. The van der Waals surface area contributed by atoms with Crippen LogP contribution >= 0.6 is 31.9 Å². The van der Waals surface area contributed by atoms with Crippen LogP contribution in [0, 0.1) is 6.92 Å². The molecule has 0 atom stereocenters. The van der Waals surface area contributed by atoms with Crippen molar-refractivity contribution in [2.75, 3.05) is 12.5 Å². The Labute approximate surface area is 137 Å². The van der Waals surface area contributed by atoms with Crippen LogP contribution < -0.4 is 15.7 Å². The Morgan fingerprint density at radius 3 is 2.81 bits per heavy atom. The minimum absolute atomic E-state index is 0.162. The van der Waals surface area contributed by atoms with Gasteiger partial charge in [0.15, 0.2) is 0 Å². The Bertz CT molecular complexity index is 745.